The predicted molar refractivity (Wildman–Crippen MR) is 68.7 cm³/mol. The van der Waals surface area contributed by atoms with Crippen LogP contribution in [0.5, 0.6) is 0 Å². The minimum Gasteiger partial charge on any atom is -0.312 e. The maximum atomic E-state index is 3.58. The highest BCUT2D eigenvalue weighted by Crippen LogP contribution is 2.26. The lowest BCUT2D eigenvalue weighted by atomic mass is 10.0. The molecule has 1 unspecified atom stereocenters. The normalized spacial score (nSPS) is 11.7. The molecule has 1 atom stereocenters. The van der Waals surface area contributed by atoms with Crippen LogP contribution in [0.25, 0.3) is 0 Å². The van der Waals surface area contributed by atoms with Gasteiger partial charge in [-0.2, -0.15) is 0 Å². The molecule has 1 aromatic rings. The molecule has 80 valence electrons. The quantitative estimate of drug-likeness (QED) is 0.826. The first-order valence-corrected chi connectivity index (χ1v) is 5.81. The van der Waals surface area contributed by atoms with Crippen LogP contribution in [0.3, 0.4) is 0 Å². The van der Waals surface area contributed by atoms with Crippen molar-refractivity contribution in [1.29, 1.82) is 0 Å². The minimum absolute atomic E-state index is 0.298. The zero-order valence-electron chi connectivity index (χ0n) is 9.39. The van der Waals surface area contributed by atoms with Crippen LogP contribution in [0.15, 0.2) is 22.7 Å². The van der Waals surface area contributed by atoms with E-state index < -0.39 is 0 Å². The lowest BCUT2D eigenvalue weighted by Crippen LogP contribution is -2.16. The molecule has 2 heteroatoms. The summed E-state index contributed by atoms with van der Waals surface area (Å²) >= 11 is 3.58. The summed E-state index contributed by atoms with van der Waals surface area (Å²) in [6.07, 6.45) is 0.842. The molecule has 0 saturated heterocycles. The van der Waals surface area contributed by atoms with Crippen molar-refractivity contribution < 1.29 is 0 Å². The van der Waals surface area contributed by atoms with Gasteiger partial charge in [-0.25, -0.2) is 0 Å². The summed E-state index contributed by atoms with van der Waals surface area (Å²) in [6, 6.07) is 6.69. The largest absolute Gasteiger partial charge is 0.312 e. The molecule has 0 saturated carbocycles. The predicted octanol–water partition coefficient (Wildman–Crippen LogP) is 3.43. The molecule has 0 aliphatic carbocycles. The Balaban J connectivity index is 2.98. The van der Waals surface area contributed by atoms with Gasteiger partial charge < -0.3 is 5.32 Å². The fourth-order valence-electron chi connectivity index (χ4n) is 1.50. The van der Waals surface area contributed by atoms with Crippen molar-refractivity contribution in [2.45, 2.75) is 26.3 Å². The van der Waals surface area contributed by atoms with Crippen LogP contribution < -0.4 is 5.32 Å². The first kappa shape index (κ1) is 12.3. The molecular weight excluding hydrogens is 250 g/mol. The Morgan fingerprint density at radius 2 is 2.20 bits per heavy atom. The molecule has 0 aliphatic heterocycles. The Hall–Kier alpha value is -0.780. The lowest BCUT2D eigenvalue weighted by Gasteiger charge is -2.16. The molecule has 1 nitrogen and oxygen atoms in total. The van der Waals surface area contributed by atoms with E-state index in [9.17, 15) is 0 Å². The van der Waals surface area contributed by atoms with Gasteiger partial charge in [-0.15, -0.1) is 11.8 Å². The molecule has 1 N–H and O–H groups in total. The highest BCUT2D eigenvalue weighted by molar-refractivity contribution is 9.10. The second kappa shape index (κ2) is 5.95. The second-order valence-corrected chi connectivity index (χ2v) is 4.35. The smallest absolute Gasteiger partial charge is 0.0439 e. The van der Waals surface area contributed by atoms with Crippen LogP contribution in [0.4, 0.5) is 0 Å². The van der Waals surface area contributed by atoms with E-state index in [-0.39, 0.29) is 0 Å². The average molecular weight is 266 g/mol. The van der Waals surface area contributed by atoms with Gasteiger partial charge in [0.25, 0.3) is 0 Å². The second-order valence-electron chi connectivity index (χ2n) is 3.50. The van der Waals surface area contributed by atoms with Crippen molar-refractivity contribution >= 4 is 15.9 Å². The van der Waals surface area contributed by atoms with E-state index in [1.807, 2.05) is 14.0 Å². The third-order valence-electron chi connectivity index (χ3n) is 2.36. The molecule has 15 heavy (non-hydrogen) atoms. The molecule has 0 spiro atoms. The third kappa shape index (κ3) is 3.37. The molecule has 0 aliphatic rings. The van der Waals surface area contributed by atoms with Gasteiger partial charge in [0.05, 0.1) is 0 Å². The number of halogens is 1. The van der Waals surface area contributed by atoms with E-state index in [0.717, 1.165) is 10.9 Å². The van der Waals surface area contributed by atoms with E-state index in [2.05, 4.69) is 58.2 Å². The molecular formula is C13H16BrN. The van der Waals surface area contributed by atoms with E-state index in [1.54, 1.807) is 0 Å². The van der Waals surface area contributed by atoms with Crippen LogP contribution in [0.2, 0.25) is 0 Å². The molecule has 0 radical (unpaired) electrons. The van der Waals surface area contributed by atoms with Gasteiger partial charge in [-0.05, 0) is 32.5 Å². The van der Waals surface area contributed by atoms with Crippen molar-refractivity contribution in [2.24, 2.45) is 0 Å². The summed E-state index contributed by atoms with van der Waals surface area (Å²) in [5.41, 5.74) is 2.55. The summed E-state index contributed by atoms with van der Waals surface area (Å²) < 4.78 is 1.14. The maximum Gasteiger partial charge on any atom is 0.0439 e. The van der Waals surface area contributed by atoms with Crippen molar-refractivity contribution in [2.75, 3.05) is 7.05 Å². The first-order chi connectivity index (χ1) is 7.19. The zero-order valence-corrected chi connectivity index (χ0v) is 11.0. The Bertz CT molecular complexity index is 387. The van der Waals surface area contributed by atoms with Crippen molar-refractivity contribution in [3.05, 3.63) is 33.8 Å². The van der Waals surface area contributed by atoms with Crippen LogP contribution >= 0.6 is 15.9 Å². The summed E-state index contributed by atoms with van der Waals surface area (Å²) in [6.45, 7) is 3.98. The summed E-state index contributed by atoms with van der Waals surface area (Å²) in [5, 5.41) is 3.29. The molecule has 0 heterocycles. The van der Waals surface area contributed by atoms with E-state index in [0.29, 0.717) is 6.04 Å². The summed E-state index contributed by atoms with van der Waals surface area (Å²) in [4.78, 5) is 0. The highest BCUT2D eigenvalue weighted by Gasteiger charge is 2.11. The Morgan fingerprint density at radius 1 is 1.47 bits per heavy atom. The zero-order chi connectivity index (χ0) is 11.3. The van der Waals surface area contributed by atoms with Crippen molar-refractivity contribution in [1.82, 2.24) is 5.32 Å². The molecule has 0 amide bonds. The number of benzene rings is 1. The Morgan fingerprint density at radius 3 is 2.80 bits per heavy atom. The Labute approximate surface area is 100 Å². The van der Waals surface area contributed by atoms with Crippen LogP contribution in [0, 0.1) is 18.8 Å². The van der Waals surface area contributed by atoms with E-state index >= 15 is 0 Å². The van der Waals surface area contributed by atoms with Crippen LogP contribution in [-0.4, -0.2) is 7.05 Å². The van der Waals surface area contributed by atoms with Gasteiger partial charge in [0, 0.05) is 16.9 Å². The molecule has 0 fully saturated rings. The van der Waals surface area contributed by atoms with Crippen molar-refractivity contribution in [3.8, 4) is 11.8 Å². The fraction of sp³-hybridized carbons (Fsp3) is 0.385. The van der Waals surface area contributed by atoms with Gasteiger partial charge in [0.15, 0.2) is 0 Å². The van der Waals surface area contributed by atoms with Gasteiger partial charge in [0.1, 0.15) is 0 Å². The van der Waals surface area contributed by atoms with Crippen LogP contribution in [0.1, 0.15) is 30.5 Å². The van der Waals surface area contributed by atoms with E-state index in [4.69, 9.17) is 0 Å². The average Bonchev–Trinajstić information content (AvgIpc) is 2.24. The lowest BCUT2D eigenvalue weighted by molar-refractivity contribution is 0.608. The topological polar surface area (TPSA) is 12.0 Å². The fourth-order valence-corrected chi connectivity index (χ4v) is 2.02. The molecule has 0 aromatic heterocycles. The third-order valence-corrected chi connectivity index (χ3v) is 3.08. The number of rotatable bonds is 3. The van der Waals surface area contributed by atoms with E-state index in [1.165, 1.54) is 11.1 Å². The van der Waals surface area contributed by atoms with Gasteiger partial charge in [0.2, 0.25) is 0 Å². The number of hydrogen-bond acceptors (Lipinski definition) is 1. The molecule has 1 aromatic carbocycles. The molecule has 1 rings (SSSR count). The SMILES string of the molecule is CC#CCC(NC)c1cc(C)ccc1Br. The highest BCUT2D eigenvalue weighted by atomic mass is 79.9. The minimum atomic E-state index is 0.298. The van der Waals surface area contributed by atoms with Crippen molar-refractivity contribution in [3.63, 3.8) is 0 Å². The number of aryl methyl sites for hydroxylation is 1. The molecule has 0 bridgehead atoms. The monoisotopic (exact) mass is 265 g/mol. The maximum absolute atomic E-state index is 3.58. The van der Waals surface area contributed by atoms with Gasteiger partial charge in [-0.1, -0.05) is 33.6 Å². The van der Waals surface area contributed by atoms with Crippen LogP contribution in [-0.2, 0) is 0 Å². The first-order valence-electron chi connectivity index (χ1n) is 5.02. The summed E-state index contributed by atoms with van der Waals surface area (Å²) in [7, 11) is 1.97. The summed E-state index contributed by atoms with van der Waals surface area (Å²) in [5.74, 6) is 6.04. The van der Waals surface area contributed by atoms with Gasteiger partial charge >= 0.3 is 0 Å². The number of nitrogens with one attached hydrogen (secondary N) is 1. The van der Waals surface area contributed by atoms with Gasteiger partial charge in [-0.3, -0.25) is 0 Å². The Kier molecular flexibility index (Phi) is 4.87. The number of hydrogen-bond donors (Lipinski definition) is 1. The standard InChI is InChI=1S/C13H16BrN/c1-4-5-6-13(15-3)11-9-10(2)7-8-12(11)14/h7-9,13,15H,6H2,1-3H3.